The number of carboxylic acid groups (broad SMARTS) is 1. The molecular formula is C22H25NO5. The molecule has 0 aliphatic carbocycles. The van der Waals surface area contributed by atoms with Gasteiger partial charge in [0.1, 0.15) is 0 Å². The van der Waals surface area contributed by atoms with Crippen LogP contribution in [-0.4, -0.2) is 30.7 Å². The van der Waals surface area contributed by atoms with E-state index in [1.54, 1.807) is 38.1 Å². The molecule has 6 heteroatoms. The van der Waals surface area contributed by atoms with Gasteiger partial charge in [-0.25, -0.2) is 4.79 Å². The normalized spacial score (nSPS) is 11.8. The van der Waals surface area contributed by atoms with Crippen molar-refractivity contribution >= 4 is 18.0 Å². The predicted molar refractivity (Wildman–Crippen MR) is 109 cm³/mol. The minimum absolute atomic E-state index is 0.0252. The van der Waals surface area contributed by atoms with Gasteiger partial charge in [0.15, 0.2) is 11.5 Å². The maximum Gasteiger partial charge on any atom is 0.337 e. The fourth-order valence-corrected chi connectivity index (χ4v) is 2.30. The van der Waals surface area contributed by atoms with Crippen molar-refractivity contribution in [3.8, 4) is 23.8 Å². The molecule has 0 spiro atoms. The van der Waals surface area contributed by atoms with Crippen LogP contribution in [-0.2, 0) is 9.59 Å². The molecule has 1 aromatic carbocycles. The highest BCUT2D eigenvalue weighted by atomic mass is 16.5. The Morgan fingerprint density at radius 3 is 2.57 bits per heavy atom. The van der Waals surface area contributed by atoms with Crippen molar-refractivity contribution in [3.63, 3.8) is 0 Å². The zero-order valence-corrected chi connectivity index (χ0v) is 16.3. The van der Waals surface area contributed by atoms with Gasteiger partial charge in [0.2, 0.25) is 5.91 Å². The first-order valence-electron chi connectivity index (χ1n) is 8.76. The molecule has 1 rings (SSSR count). The van der Waals surface area contributed by atoms with Gasteiger partial charge < -0.3 is 19.9 Å². The van der Waals surface area contributed by atoms with Crippen LogP contribution in [0.3, 0.4) is 0 Å². The maximum absolute atomic E-state index is 12.1. The third kappa shape index (κ3) is 7.04. The van der Waals surface area contributed by atoms with Gasteiger partial charge in [-0.3, -0.25) is 4.79 Å². The molecule has 0 saturated carbocycles. The number of amides is 1. The summed E-state index contributed by atoms with van der Waals surface area (Å²) in [5.41, 5.74) is 0.990. The molecule has 0 atom stereocenters. The summed E-state index contributed by atoms with van der Waals surface area (Å²) in [5.74, 6) is 2.14. The summed E-state index contributed by atoms with van der Waals surface area (Å²) in [6.45, 7) is 3.73. The molecule has 1 amide bonds. The van der Waals surface area contributed by atoms with Crippen LogP contribution in [0.5, 0.6) is 11.5 Å². The average molecular weight is 383 g/mol. The lowest BCUT2D eigenvalue weighted by atomic mass is 10.1. The summed E-state index contributed by atoms with van der Waals surface area (Å²) < 4.78 is 11.0. The second kappa shape index (κ2) is 12.0. The number of ether oxygens (including phenoxy) is 2. The number of benzene rings is 1. The van der Waals surface area contributed by atoms with Crippen molar-refractivity contribution in [1.29, 1.82) is 0 Å². The molecule has 1 aromatic rings. The molecule has 148 valence electrons. The highest BCUT2D eigenvalue weighted by Gasteiger charge is 2.13. The SMILES string of the molecule is C#CCCCOc1ccc(C=CC(=O)NC(=CC)C(=CC)C(=O)O)cc1OC. The molecule has 6 nitrogen and oxygen atoms in total. The lowest BCUT2D eigenvalue weighted by Crippen LogP contribution is -2.24. The number of terminal acetylenes is 1. The number of hydrogen-bond donors (Lipinski definition) is 2. The van der Waals surface area contributed by atoms with Crippen molar-refractivity contribution < 1.29 is 24.2 Å². The third-order valence-electron chi connectivity index (χ3n) is 3.69. The van der Waals surface area contributed by atoms with Gasteiger partial charge in [0.05, 0.1) is 25.0 Å². The van der Waals surface area contributed by atoms with E-state index in [1.165, 1.54) is 25.3 Å². The summed E-state index contributed by atoms with van der Waals surface area (Å²) in [5, 5.41) is 11.7. The molecule has 0 radical (unpaired) electrons. The number of methoxy groups -OCH3 is 1. The first-order chi connectivity index (χ1) is 13.5. The molecule has 0 heterocycles. The number of allylic oxidation sites excluding steroid dienone is 2. The van der Waals surface area contributed by atoms with Crippen molar-refractivity contribution in [2.45, 2.75) is 26.7 Å². The molecule has 2 N–H and O–H groups in total. The number of carbonyl (C=O) groups excluding carboxylic acids is 1. The molecular weight excluding hydrogens is 358 g/mol. The van der Waals surface area contributed by atoms with Gasteiger partial charge in [-0.1, -0.05) is 18.2 Å². The Kier molecular flexibility index (Phi) is 9.70. The molecule has 0 bridgehead atoms. The van der Waals surface area contributed by atoms with Crippen molar-refractivity contribution in [3.05, 3.63) is 53.3 Å². The van der Waals surface area contributed by atoms with E-state index in [1.807, 2.05) is 0 Å². The largest absolute Gasteiger partial charge is 0.493 e. The second-order valence-electron chi connectivity index (χ2n) is 5.60. The summed E-state index contributed by atoms with van der Waals surface area (Å²) in [7, 11) is 1.53. The topological polar surface area (TPSA) is 84.9 Å². The Hall–Kier alpha value is -3.46. The first kappa shape index (κ1) is 22.6. The van der Waals surface area contributed by atoms with Crippen LogP contribution in [0, 0.1) is 12.3 Å². The van der Waals surface area contributed by atoms with E-state index >= 15 is 0 Å². The highest BCUT2D eigenvalue weighted by Crippen LogP contribution is 2.28. The summed E-state index contributed by atoms with van der Waals surface area (Å²) >= 11 is 0. The lowest BCUT2D eigenvalue weighted by Gasteiger charge is -2.11. The van der Waals surface area contributed by atoms with E-state index in [-0.39, 0.29) is 11.3 Å². The van der Waals surface area contributed by atoms with E-state index in [0.29, 0.717) is 24.5 Å². The van der Waals surface area contributed by atoms with Crippen LogP contribution >= 0.6 is 0 Å². The van der Waals surface area contributed by atoms with Crippen LogP contribution in [0.2, 0.25) is 0 Å². The van der Waals surface area contributed by atoms with Gasteiger partial charge in [-0.2, -0.15) is 0 Å². The summed E-state index contributed by atoms with van der Waals surface area (Å²) in [4.78, 5) is 23.3. The smallest absolute Gasteiger partial charge is 0.337 e. The first-order valence-corrected chi connectivity index (χ1v) is 8.76. The Labute approximate surface area is 165 Å². The molecule has 0 saturated heterocycles. The Bertz CT molecular complexity index is 828. The lowest BCUT2D eigenvalue weighted by molar-refractivity contribution is -0.132. The molecule has 0 aliphatic rings. The number of nitrogens with one attached hydrogen (secondary N) is 1. The van der Waals surface area contributed by atoms with Crippen molar-refractivity contribution in [1.82, 2.24) is 5.32 Å². The van der Waals surface area contributed by atoms with E-state index in [2.05, 4.69) is 11.2 Å². The Morgan fingerprint density at radius 2 is 2.00 bits per heavy atom. The second-order valence-corrected chi connectivity index (χ2v) is 5.60. The zero-order chi connectivity index (χ0) is 20.9. The Morgan fingerprint density at radius 1 is 1.25 bits per heavy atom. The standard InChI is InChI=1S/C22H25NO5/c1-5-8-9-14-28-19-12-10-16(15-20(19)27-4)11-13-21(24)23-18(7-3)17(6-2)22(25)26/h1,6-7,10-13,15H,8-9,14H2,2-4H3,(H,23,24)(H,25,26). The fourth-order valence-electron chi connectivity index (χ4n) is 2.30. The number of hydrogen-bond acceptors (Lipinski definition) is 4. The third-order valence-corrected chi connectivity index (χ3v) is 3.69. The molecule has 0 fully saturated rings. The van der Waals surface area contributed by atoms with Gasteiger partial charge in [0.25, 0.3) is 0 Å². The molecule has 0 aliphatic heterocycles. The van der Waals surface area contributed by atoms with E-state index < -0.39 is 11.9 Å². The zero-order valence-electron chi connectivity index (χ0n) is 16.3. The van der Waals surface area contributed by atoms with E-state index in [0.717, 1.165) is 12.0 Å². The van der Waals surface area contributed by atoms with E-state index in [9.17, 15) is 9.59 Å². The molecule has 0 unspecified atom stereocenters. The monoisotopic (exact) mass is 383 g/mol. The van der Waals surface area contributed by atoms with Gasteiger partial charge >= 0.3 is 5.97 Å². The van der Waals surface area contributed by atoms with Gasteiger partial charge in [0, 0.05) is 12.5 Å². The number of carboxylic acids is 1. The van der Waals surface area contributed by atoms with Crippen molar-refractivity contribution in [2.75, 3.05) is 13.7 Å². The number of unbranched alkanes of at least 4 members (excludes halogenated alkanes) is 1. The van der Waals surface area contributed by atoms with Crippen LogP contribution in [0.15, 0.2) is 47.7 Å². The molecule has 0 aromatic heterocycles. The van der Waals surface area contributed by atoms with Crippen molar-refractivity contribution in [2.24, 2.45) is 0 Å². The van der Waals surface area contributed by atoms with Crippen LogP contribution in [0.1, 0.15) is 32.3 Å². The Balaban J connectivity index is 2.81. The molecule has 28 heavy (non-hydrogen) atoms. The number of carbonyl (C=O) groups is 2. The minimum Gasteiger partial charge on any atom is -0.493 e. The fraction of sp³-hybridized carbons (Fsp3) is 0.273. The van der Waals surface area contributed by atoms with Crippen LogP contribution < -0.4 is 14.8 Å². The van der Waals surface area contributed by atoms with E-state index in [4.69, 9.17) is 21.0 Å². The predicted octanol–water partition coefficient (Wildman–Crippen LogP) is 3.55. The minimum atomic E-state index is -1.11. The van der Waals surface area contributed by atoms with Gasteiger partial charge in [-0.05, 0) is 44.0 Å². The summed E-state index contributed by atoms with van der Waals surface area (Å²) in [6, 6.07) is 5.28. The van der Waals surface area contributed by atoms with Gasteiger partial charge in [-0.15, -0.1) is 12.3 Å². The average Bonchev–Trinajstić information content (AvgIpc) is 2.69. The van der Waals surface area contributed by atoms with Crippen LogP contribution in [0.25, 0.3) is 6.08 Å². The quantitative estimate of drug-likeness (QED) is 0.279. The number of aliphatic carboxylic acids is 1. The summed E-state index contributed by atoms with van der Waals surface area (Å²) in [6.07, 6.45) is 12.5. The maximum atomic E-state index is 12.1. The number of rotatable bonds is 10. The highest BCUT2D eigenvalue weighted by molar-refractivity contribution is 5.97. The van der Waals surface area contributed by atoms with Crippen LogP contribution in [0.4, 0.5) is 0 Å².